The van der Waals surface area contributed by atoms with Crippen LogP contribution in [-0.4, -0.2) is 20.6 Å². The topological polar surface area (TPSA) is 57.5 Å². The van der Waals surface area contributed by atoms with Crippen LogP contribution >= 0.6 is 11.6 Å². The van der Waals surface area contributed by atoms with Gasteiger partial charge < -0.3 is 0 Å². The van der Waals surface area contributed by atoms with Gasteiger partial charge in [0, 0.05) is 0 Å². The molecule has 0 spiro atoms. The summed E-state index contributed by atoms with van der Waals surface area (Å²) in [7, 11) is 0. The molecule has 6 nitrogen and oxygen atoms in total. The molecule has 2 N–H and O–H groups in total. The fraction of sp³-hybridized carbons (Fsp3) is 0.111. The van der Waals surface area contributed by atoms with E-state index in [1.165, 1.54) is 5.56 Å². The van der Waals surface area contributed by atoms with Crippen LogP contribution in [0.4, 0.5) is 0 Å². The normalized spacial score (nSPS) is 13.7. The Morgan fingerprint density at radius 2 is 1.80 bits per heavy atom. The number of aryl methyl sites for hydroxylation is 1. The predicted octanol–water partition coefficient (Wildman–Crippen LogP) is 3.02. The number of amidine groups is 1. The minimum absolute atomic E-state index is 0.520. The molecule has 1 aromatic heterocycles. The maximum Gasteiger partial charge on any atom is 0.178 e. The van der Waals surface area contributed by atoms with Gasteiger partial charge in [-0.05, 0) is 24.6 Å². The van der Waals surface area contributed by atoms with Crippen LogP contribution < -0.4 is 11.1 Å². The highest BCUT2D eigenvalue weighted by Crippen LogP contribution is 2.23. The lowest BCUT2D eigenvalue weighted by molar-refractivity contribution is 0.288. The Morgan fingerprint density at radius 1 is 1.04 bits per heavy atom. The van der Waals surface area contributed by atoms with Crippen molar-refractivity contribution in [1.82, 2.24) is 25.9 Å². The Hall–Kier alpha value is -2.83. The Morgan fingerprint density at radius 3 is 2.56 bits per heavy atom. The van der Waals surface area contributed by atoms with Gasteiger partial charge in [0.25, 0.3) is 0 Å². The fourth-order valence-electron chi connectivity index (χ4n) is 2.69. The van der Waals surface area contributed by atoms with Crippen molar-refractivity contribution in [1.29, 1.82) is 0 Å². The molecule has 1 aliphatic rings. The lowest BCUT2D eigenvalue weighted by atomic mass is 10.2. The van der Waals surface area contributed by atoms with E-state index in [1.54, 1.807) is 10.9 Å². The molecule has 0 aliphatic carbocycles. The Kier molecular flexibility index (Phi) is 4.13. The molecule has 126 valence electrons. The van der Waals surface area contributed by atoms with Crippen LogP contribution in [0.25, 0.3) is 5.69 Å². The van der Waals surface area contributed by atoms with Gasteiger partial charge in [-0.25, -0.2) is 10.2 Å². The zero-order valence-corrected chi connectivity index (χ0v) is 14.4. The summed E-state index contributed by atoms with van der Waals surface area (Å²) in [4.78, 5) is 0. The van der Waals surface area contributed by atoms with Crippen molar-refractivity contribution in [3.05, 3.63) is 82.6 Å². The number of aromatic nitrogens is 2. The SMILES string of the molecule is Cc1ccc(-n2ncc(C3=NNNN3Cc3ccccc3)c2Cl)cc1. The summed E-state index contributed by atoms with van der Waals surface area (Å²) >= 11 is 6.58. The molecule has 25 heavy (non-hydrogen) atoms. The van der Waals surface area contributed by atoms with E-state index in [9.17, 15) is 0 Å². The standard InChI is InChI=1S/C18H17ClN6/c1-13-7-9-15(10-8-13)25-17(19)16(11-20-25)18-21-22-23-24(18)12-14-5-3-2-4-6-14/h2-11,22-23H,12H2,1H3. The second-order valence-electron chi connectivity index (χ2n) is 5.83. The van der Waals surface area contributed by atoms with Gasteiger partial charge in [-0.2, -0.15) is 5.10 Å². The van der Waals surface area contributed by atoms with Crippen LogP contribution in [0.3, 0.4) is 0 Å². The van der Waals surface area contributed by atoms with Crippen molar-refractivity contribution in [2.75, 3.05) is 0 Å². The number of benzene rings is 2. The first-order valence-corrected chi connectivity index (χ1v) is 8.31. The number of hydrazone groups is 1. The van der Waals surface area contributed by atoms with E-state index >= 15 is 0 Å². The molecule has 0 bridgehead atoms. The molecule has 2 heterocycles. The van der Waals surface area contributed by atoms with Crippen LogP contribution in [0.5, 0.6) is 0 Å². The number of hydrogen-bond acceptors (Lipinski definition) is 5. The molecule has 1 aliphatic heterocycles. The Balaban J connectivity index is 1.62. The second-order valence-corrected chi connectivity index (χ2v) is 6.19. The number of rotatable bonds is 4. The average Bonchev–Trinajstić information content (AvgIpc) is 3.23. The fourth-order valence-corrected chi connectivity index (χ4v) is 2.96. The molecule has 0 saturated heterocycles. The van der Waals surface area contributed by atoms with Crippen LogP contribution in [0, 0.1) is 6.92 Å². The van der Waals surface area contributed by atoms with E-state index in [1.807, 2.05) is 54.4 Å². The quantitative estimate of drug-likeness (QED) is 0.757. The van der Waals surface area contributed by atoms with Crippen molar-refractivity contribution in [3.63, 3.8) is 0 Å². The molecular formula is C18H17ClN6. The number of halogens is 1. The largest absolute Gasteiger partial charge is 0.266 e. The molecular weight excluding hydrogens is 336 g/mol. The molecule has 0 saturated carbocycles. The third kappa shape index (κ3) is 3.09. The molecule has 4 rings (SSSR count). The van der Waals surface area contributed by atoms with Gasteiger partial charge in [0.15, 0.2) is 5.84 Å². The summed E-state index contributed by atoms with van der Waals surface area (Å²) in [6, 6.07) is 18.2. The maximum atomic E-state index is 6.58. The summed E-state index contributed by atoms with van der Waals surface area (Å²) in [6.07, 6.45) is 1.73. The van der Waals surface area contributed by atoms with Gasteiger partial charge in [-0.1, -0.05) is 59.6 Å². The summed E-state index contributed by atoms with van der Waals surface area (Å²) in [6.45, 7) is 2.70. The maximum absolute atomic E-state index is 6.58. The van der Waals surface area contributed by atoms with E-state index in [4.69, 9.17) is 11.6 Å². The third-order valence-electron chi connectivity index (χ3n) is 4.02. The summed E-state index contributed by atoms with van der Waals surface area (Å²) < 4.78 is 1.71. The average molecular weight is 353 g/mol. The second kappa shape index (κ2) is 6.58. The van der Waals surface area contributed by atoms with E-state index in [2.05, 4.69) is 33.4 Å². The highest BCUT2D eigenvalue weighted by molar-refractivity contribution is 6.33. The molecule has 0 fully saturated rings. The first-order chi connectivity index (χ1) is 12.2. The smallest absolute Gasteiger partial charge is 0.178 e. The van der Waals surface area contributed by atoms with E-state index in [0.29, 0.717) is 17.5 Å². The minimum Gasteiger partial charge on any atom is -0.266 e. The summed E-state index contributed by atoms with van der Waals surface area (Å²) in [5.41, 5.74) is 9.84. The van der Waals surface area contributed by atoms with E-state index in [0.717, 1.165) is 16.8 Å². The van der Waals surface area contributed by atoms with Crippen molar-refractivity contribution in [2.45, 2.75) is 13.5 Å². The first kappa shape index (κ1) is 15.7. The highest BCUT2D eigenvalue weighted by atomic mass is 35.5. The zero-order valence-electron chi connectivity index (χ0n) is 13.6. The minimum atomic E-state index is 0.520. The van der Waals surface area contributed by atoms with Crippen molar-refractivity contribution >= 4 is 17.4 Å². The summed E-state index contributed by atoms with van der Waals surface area (Å²) in [5, 5.41) is 11.2. The number of hydrazine groups is 2. The number of nitrogens with one attached hydrogen (secondary N) is 2. The molecule has 3 aromatic rings. The number of nitrogens with zero attached hydrogens (tertiary/aromatic N) is 4. The molecule has 0 radical (unpaired) electrons. The lowest BCUT2D eigenvalue weighted by Gasteiger charge is -2.18. The van der Waals surface area contributed by atoms with Gasteiger partial charge in [0.1, 0.15) is 5.15 Å². The van der Waals surface area contributed by atoms with Gasteiger partial charge in [0.2, 0.25) is 0 Å². The zero-order chi connectivity index (χ0) is 17.2. The van der Waals surface area contributed by atoms with Crippen molar-refractivity contribution in [2.24, 2.45) is 5.10 Å². The monoisotopic (exact) mass is 352 g/mol. The van der Waals surface area contributed by atoms with E-state index < -0.39 is 0 Å². The molecule has 2 aromatic carbocycles. The van der Waals surface area contributed by atoms with Gasteiger partial charge in [0.05, 0.1) is 24.0 Å². The van der Waals surface area contributed by atoms with E-state index in [-0.39, 0.29) is 0 Å². The van der Waals surface area contributed by atoms with Crippen molar-refractivity contribution in [3.8, 4) is 5.69 Å². The number of hydrogen-bond donors (Lipinski definition) is 2. The Labute approximate surface area is 150 Å². The van der Waals surface area contributed by atoms with Gasteiger partial charge in [-0.3, -0.25) is 5.01 Å². The van der Waals surface area contributed by atoms with Gasteiger partial charge in [-0.15, -0.1) is 10.6 Å². The molecule has 7 heteroatoms. The first-order valence-electron chi connectivity index (χ1n) is 7.93. The molecule has 0 amide bonds. The molecule has 0 atom stereocenters. The molecule has 0 unspecified atom stereocenters. The lowest BCUT2D eigenvalue weighted by Crippen LogP contribution is -2.40. The van der Waals surface area contributed by atoms with Crippen molar-refractivity contribution < 1.29 is 0 Å². The van der Waals surface area contributed by atoms with Crippen LogP contribution in [0.2, 0.25) is 5.15 Å². The summed E-state index contributed by atoms with van der Waals surface area (Å²) in [5.74, 6) is 0.701. The highest BCUT2D eigenvalue weighted by Gasteiger charge is 2.24. The Bertz CT molecular complexity index is 901. The third-order valence-corrected chi connectivity index (χ3v) is 4.38. The van der Waals surface area contributed by atoms with Crippen LogP contribution in [0.1, 0.15) is 16.7 Å². The van der Waals surface area contributed by atoms with Crippen LogP contribution in [0.15, 0.2) is 65.9 Å². The van der Waals surface area contributed by atoms with Crippen LogP contribution in [-0.2, 0) is 6.54 Å². The van der Waals surface area contributed by atoms with Gasteiger partial charge >= 0.3 is 0 Å². The predicted molar refractivity (Wildman–Crippen MR) is 98.1 cm³/mol.